The molecule has 0 radical (unpaired) electrons. The van der Waals surface area contributed by atoms with Crippen molar-refractivity contribution in [3.8, 4) is 0 Å². The fraction of sp³-hybridized carbons (Fsp3) is 0.467. The maximum Gasteiger partial charge on any atom is 0.229 e. The number of benzene rings is 1. The molecule has 4 rings (SSSR count). The van der Waals surface area contributed by atoms with Crippen LogP contribution in [0.25, 0.3) is 0 Å². The summed E-state index contributed by atoms with van der Waals surface area (Å²) < 4.78 is 0. The summed E-state index contributed by atoms with van der Waals surface area (Å²) in [7, 11) is 0. The number of carbonyl (C=O) groups excluding carboxylic acids is 1. The van der Waals surface area contributed by atoms with Crippen molar-refractivity contribution in [3.05, 3.63) is 35.9 Å². The summed E-state index contributed by atoms with van der Waals surface area (Å²) in [4.78, 5) is 19.8. The van der Waals surface area contributed by atoms with E-state index in [0.717, 1.165) is 24.2 Å². The van der Waals surface area contributed by atoms with E-state index in [4.69, 9.17) is 4.84 Å². The van der Waals surface area contributed by atoms with Crippen LogP contribution in [0.5, 0.6) is 0 Å². The molecule has 4 atom stereocenters. The lowest BCUT2D eigenvalue weighted by Gasteiger charge is -2.32. The van der Waals surface area contributed by atoms with E-state index in [1.807, 2.05) is 30.0 Å². The third kappa shape index (κ3) is 1.34. The number of likely N-dealkylation sites (tertiary alicyclic amines) is 1. The van der Waals surface area contributed by atoms with Gasteiger partial charge in [-0.1, -0.05) is 35.5 Å². The fourth-order valence-electron chi connectivity index (χ4n) is 3.85. The Bertz CT molecular complexity index is 555. The molecule has 1 aromatic carbocycles. The van der Waals surface area contributed by atoms with Crippen LogP contribution in [0.2, 0.25) is 0 Å². The summed E-state index contributed by atoms with van der Waals surface area (Å²) in [5.74, 6) is 0.517. The van der Waals surface area contributed by atoms with Crippen LogP contribution in [0.15, 0.2) is 35.5 Å². The van der Waals surface area contributed by atoms with E-state index in [9.17, 15) is 4.79 Å². The van der Waals surface area contributed by atoms with Gasteiger partial charge in [-0.15, -0.1) is 0 Å². The van der Waals surface area contributed by atoms with Crippen LogP contribution < -0.4 is 0 Å². The summed E-state index contributed by atoms with van der Waals surface area (Å²) in [6.45, 7) is 2.83. The quantitative estimate of drug-likeness (QED) is 0.807. The minimum absolute atomic E-state index is 0.0138. The molecule has 1 aliphatic carbocycles. The highest BCUT2D eigenvalue weighted by Gasteiger charge is 2.61. The van der Waals surface area contributed by atoms with E-state index in [2.05, 4.69) is 17.3 Å². The van der Waals surface area contributed by atoms with E-state index >= 15 is 0 Å². The predicted octanol–water partition coefficient (Wildman–Crippen LogP) is 1.66. The zero-order chi connectivity index (χ0) is 13.0. The summed E-state index contributed by atoms with van der Waals surface area (Å²) in [5, 5.41) is 4.27. The van der Waals surface area contributed by atoms with Crippen LogP contribution in [-0.2, 0) is 9.63 Å². The Morgan fingerprint density at radius 3 is 2.89 bits per heavy atom. The smallest absolute Gasteiger partial charge is 0.229 e. The molecule has 2 fully saturated rings. The fourth-order valence-corrected chi connectivity index (χ4v) is 3.85. The second-order valence-electron chi connectivity index (χ2n) is 5.47. The summed E-state index contributed by atoms with van der Waals surface area (Å²) in [6, 6.07) is 10.4. The van der Waals surface area contributed by atoms with E-state index in [1.165, 1.54) is 0 Å². The molecule has 3 aliphatic rings. The van der Waals surface area contributed by atoms with Gasteiger partial charge in [0.15, 0.2) is 0 Å². The third-order valence-electron chi connectivity index (χ3n) is 4.66. The molecule has 4 nitrogen and oxygen atoms in total. The molecule has 2 bridgehead atoms. The molecule has 2 aliphatic heterocycles. The molecular formula is C15H16N2O2. The first kappa shape index (κ1) is 11.0. The van der Waals surface area contributed by atoms with E-state index in [1.54, 1.807) is 0 Å². The SMILES string of the molecule is CCN1C(=O)[C@@H]2C[C@H]1[C@H]1C(c3ccccc3)=NO[C@H]12. The van der Waals surface area contributed by atoms with Crippen molar-refractivity contribution in [2.45, 2.75) is 25.5 Å². The Hall–Kier alpha value is -1.84. The highest BCUT2D eigenvalue weighted by Crippen LogP contribution is 2.48. The number of piperidine rings is 1. The summed E-state index contributed by atoms with van der Waals surface area (Å²) in [6.07, 6.45) is 0.893. The van der Waals surface area contributed by atoms with Crippen molar-refractivity contribution >= 4 is 11.6 Å². The molecule has 1 aromatic rings. The van der Waals surface area contributed by atoms with E-state index in [0.29, 0.717) is 0 Å². The second-order valence-corrected chi connectivity index (χ2v) is 5.47. The van der Waals surface area contributed by atoms with Crippen LogP contribution in [0.4, 0.5) is 0 Å². The minimum atomic E-state index is -0.0319. The largest absolute Gasteiger partial charge is 0.391 e. The van der Waals surface area contributed by atoms with Crippen molar-refractivity contribution in [2.24, 2.45) is 17.0 Å². The van der Waals surface area contributed by atoms with Gasteiger partial charge in [-0.25, -0.2) is 0 Å². The molecule has 2 heterocycles. The van der Waals surface area contributed by atoms with Crippen LogP contribution in [0, 0.1) is 11.8 Å². The molecule has 98 valence electrons. The minimum Gasteiger partial charge on any atom is -0.391 e. The van der Waals surface area contributed by atoms with Crippen molar-refractivity contribution in [1.29, 1.82) is 0 Å². The van der Waals surface area contributed by atoms with E-state index < -0.39 is 0 Å². The van der Waals surface area contributed by atoms with E-state index in [-0.39, 0.29) is 29.9 Å². The van der Waals surface area contributed by atoms with Gasteiger partial charge in [0, 0.05) is 12.6 Å². The molecule has 4 heteroatoms. The average Bonchev–Trinajstić information content (AvgIpc) is 3.09. The Morgan fingerprint density at radius 2 is 2.16 bits per heavy atom. The number of hydrogen-bond donors (Lipinski definition) is 0. The van der Waals surface area contributed by atoms with Gasteiger partial charge >= 0.3 is 0 Å². The number of fused-ring (bicyclic) bond motifs is 5. The van der Waals surface area contributed by atoms with Gasteiger partial charge in [0.1, 0.15) is 6.10 Å². The predicted molar refractivity (Wildman–Crippen MR) is 70.6 cm³/mol. The molecule has 1 saturated heterocycles. The number of hydrogen-bond acceptors (Lipinski definition) is 3. The first-order chi connectivity index (χ1) is 9.31. The van der Waals surface area contributed by atoms with Gasteiger partial charge < -0.3 is 9.74 Å². The normalized spacial score (nSPS) is 35.3. The van der Waals surface area contributed by atoms with Crippen LogP contribution in [0.3, 0.4) is 0 Å². The zero-order valence-electron chi connectivity index (χ0n) is 10.8. The molecular weight excluding hydrogens is 240 g/mol. The maximum atomic E-state index is 12.2. The Balaban J connectivity index is 1.71. The van der Waals surface area contributed by atoms with Crippen molar-refractivity contribution in [1.82, 2.24) is 4.90 Å². The monoisotopic (exact) mass is 256 g/mol. The zero-order valence-corrected chi connectivity index (χ0v) is 10.8. The first-order valence-electron chi connectivity index (χ1n) is 6.91. The van der Waals surface area contributed by atoms with Gasteiger partial charge in [0.05, 0.1) is 17.5 Å². The van der Waals surface area contributed by atoms with Gasteiger partial charge in [-0.05, 0) is 18.9 Å². The molecule has 0 unspecified atom stereocenters. The topological polar surface area (TPSA) is 41.9 Å². The lowest BCUT2D eigenvalue weighted by atomic mass is 9.87. The molecule has 0 spiro atoms. The molecule has 0 aromatic heterocycles. The molecule has 0 N–H and O–H groups in total. The highest BCUT2D eigenvalue weighted by atomic mass is 16.6. The first-order valence-corrected chi connectivity index (χ1v) is 6.91. The van der Waals surface area contributed by atoms with Crippen molar-refractivity contribution < 1.29 is 9.63 Å². The standard InChI is InChI=1S/C15H16N2O2/c1-2-17-11-8-10(15(17)18)14-12(11)13(16-19-14)9-6-4-3-5-7-9/h3-7,10-12,14H,2,8H2,1H3/t10-,11+,12+,14+/m1/s1. The lowest BCUT2D eigenvalue weighted by Crippen LogP contribution is -2.49. The molecule has 1 amide bonds. The van der Waals surface area contributed by atoms with Crippen molar-refractivity contribution in [3.63, 3.8) is 0 Å². The second kappa shape index (κ2) is 3.83. The highest BCUT2D eigenvalue weighted by molar-refractivity contribution is 6.05. The van der Waals surface area contributed by atoms with Crippen LogP contribution in [0.1, 0.15) is 18.9 Å². The maximum absolute atomic E-state index is 12.2. The van der Waals surface area contributed by atoms with Gasteiger partial charge in [0.25, 0.3) is 0 Å². The lowest BCUT2D eigenvalue weighted by molar-refractivity contribution is -0.140. The number of carbonyl (C=O) groups is 1. The number of rotatable bonds is 2. The summed E-state index contributed by atoms with van der Waals surface area (Å²) in [5.41, 5.74) is 2.13. The van der Waals surface area contributed by atoms with Gasteiger partial charge in [-0.2, -0.15) is 0 Å². The molecule has 1 saturated carbocycles. The Morgan fingerprint density at radius 1 is 1.37 bits per heavy atom. The Labute approximate surface area is 112 Å². The number of nitrogens with zero attached hydrogens (tertiary/aromatic N) is 2. The Kier molecular flexibility index (Phi) is 2.22. The average molecular weight is 256 g/mol. The third-order valence-corrected chi connectivity index (χ3v) is 4.66. The van der Waals surface area contributed by atoms with Crippen LogP contribution in [-0.4, -0.2) is 35.2 Å². The van der Waals surface area contributed by atoms with Crippen LogP contribution >= 0.6 is 0 Å². The van der Waals surface area contributed by atoms with Gasteiger partial charge in [0.2, 0.25) is 5.91 Å². The number of oxime groups is 1. The molecule has 19 heavy (non-hydrogen) atoms. The van der Waals surface area contributed by atoms with Gasteiger partial charge in [-0.3, -0.25) is 4.79 Å². The number of amides is 1. The summed E-state index contributed by atoms with van der Waals surface area (Å²) >= 11 is 0. The van der Waals surface area contributed by atoms with Crippen molar-refractivity contribution in [2.75, 3.05) is 6.54 Å².